The summed E-state index contributed by atoms with van der Waals surface area (Å²) >= 11 is 0. The fourth-order valence-electron chi connectivity index (χ4n) is 2.35. The molecule has 1 aliphatic rings. The molecule has 1 saturated carbocycles. The molecule has 0 bridgehead atoms. The van der Waals surface area contributed by atoms with Gasteiger partial charge in [-0.15, -0.1) is 0 Å². The molecule has 100 valence electrons. The molecule has 1 atom stereocenters. The molecule has 1 fully saturated rings. The molecule has 0 heterocycles. The minimum absolute atomic E-state index is 0.0294. The maximum atomic E-state index is 11.9. The van der Waals surface area contributed by atoms with E-state index in [2.05, 4.69) is 5.32 Å². The van der Waals surface area contributed by atoms with Gasteiger partial charge in [-0.2, -0.15) is 0 Å². The highest BCUT2D eigenvalue weighted by molar-refractivity contribution is 5.77. The van der Waals surface area contributed by atoms with Gasteiger partial charge in [-0.05, 0) is 31.7 Å². The van der Waals surface area contributed by atoms with E-state index in [1.54, 1.807) is 14.2 Å². The summed E-state index contributed by atoms with van der Waals surface area (Å²) in [4.78, 5) is 11.9. The fraction of sp³-hybridized carbons (Fsp3) is 0.917. The van der Waals surface area contributed by atoms with Gasteiger partial charge >= 0.3 is 0 Å². The third kappa shape index (κ3) is 3.66. The number of amides is 1. The zero-order valence-corrected chi connectivity index (χ0v) is 11.0. The van der Waals surface area contributed by atoms with Crippen LogP contribution in [0.4, 0.5) is 0 Å². The Hall–Kier alpha value is -0.650. The molecule has 1 amide bonds. The van der Waals surface area contributed by atoms with Crippen LogP contribution in [0.3, 0.4) is 0 Å². The van der Waals surface area contributed by atoms with Gasteiger partial charge in [-0.1, -0.05) is 6.42 Å². The molecule has 5 nitrogen and oxygen atoms in total. The zero-order chi connectivity index (χ0) is 12.9. The van der Waals surface area contributed by atoms with E-state index in [-0.39, 0.29) is 17.4 Å². The first-order valence-electron chi connectivity index (χ1n) is 6.12. The number of methoxy groups -OCH3 is 2. The van der Waals surface area contributed by atoms with Crippen LogP contribution in [0, 0.1) is 5.41 Å². The second kappa shape index (κ2) is 6.33. The van der Waals surface area contributed by atoms with Gasteiger partial charge in [0.05, 0.1) is 6.04 Å². The monoisotopic (exact) mass is 244 g/mol. The van der Waals surface area contributed by atoms with Crippen LogP contribution in [-0.4, -0.2) is 39.0 Å². The van der Waals surface area contributed by atoms with Crippen molar-refractivity contribution >= 4 is 5.91 Å². The average molecular weight is 244 g/mol. The third-order valence-corrected chi connectivity index (χ3v) is 3.64. The van der Waals surface area contributed by atoms with Crippen LogP contribution < -0.4 is 11.1 Å². The lowest BCUT2D eigenvalue weighted by Gasteiger charge is -2.40. The van der Waals surface area contributed by atoms with Crippen LogP contribution in [0.5, 0.6) is 0 Å². The molecule has 1 aliphatic carbocycles. The zero-order valence-electron chi connectivity index (χ0n) is 11.0. The molecule has 1 rings (SSSR count). The molecule has 0 aromatic carbocycles. The first-order valence-corrected chi connectivity index (χ1v) is 6.12. The lowest BCUT2D eigenvalue weighted by atomic mass is 9.66. The highest BCUT2D eigenvalue weighted by atomic mass is 16.7. The number of rotatable bonds is 7. The van der Waals surface area contributed by atoms with Gasteiger partial charge in [0.1, 0.15) is 0 Å². The summed E-state index contributed by atoms with van der Waals surface area (Å²) < 4.78 is 10.2. The molecule has 3 N–H and O–H groups in total. The molecule has 0 saturated heterocycles. The van der Waals surface area contributed by atoms with E-state index in [1.807, 2.05) is 6.92 Å². The first kappa shape index (κ1) is 14.4. The Labute approximate surface area is 103 Å². The molecule has 0 aliphatic heterocycles. The Morgan fingerprint density at radius 3 is 2.35 bits per heavy atom. The van der Waals surface area contributed by atoms with Crippen LogP contribution in [0.1, 0.15) is 32.6 Å². The lowest BCUT2D eigenvalue weighted by Crippen LogP contribution is -2.47. The van der Waals surface area contributed by atoms with Crippen LogP contribution in [0.25, 0.3) is 0 Å². The van der Waals surface area contributed by atoms with Gasteiger partial charge in [0.15, 0.2) is 6.29 Å². The molecule has 0 spiro atoms. The van der Waals surface area contributed by atoms with Crippen LogP contribution in [0.2, 0.25) is 0 Å². The van der Waals surface area contributed by atoms with Crippen LogP contribution in [0.15, 0.2) is 0 Å². The van der Waals surface area contributed by atoms with Gasteiger partial charge in [-0.3, -0.25) is 4.79 Å². The van der Waals surface area contributed by atoms with Crippen molar-refractivity contribution in [1.29, 1.82) is 0 Å². The SMILES string of the molecule is COC(OC)C(C)NC(=O)CC1(CN)CCC1. The minimum Gasteiger partial charge on any atom is -0.354 e. The second-order valence-corrected chi connectivity index (χ2v) is 4.93. The maximum Gasteiger partial charge on any atom is 0.220 e. The molecule has 17 heavy (non-hydrogen) atoms. The molecule has 0 radical (unpaired) electrons. The maximum absolute atomic E-state index is 11.9. The summed E-state index contributed by atoms with van der Waals surface area (Å²) in [5.74, 6) is 0.0294. The average Bonchev–Trinajstić information content (AvgIpc) is 2.25. The highest BCUT2D eigenvalue weighted by Crippen LogP contribution is 2.42. The molecular weight excluding hydrogens is 220 g/mol. The van der Waals surface area contributed by atoms with Crippen molar-refractivity contribution in [3.8, 4) is 0 Å². The number of ether oxygens (including phenoxy) is 2. The van der Waals surface area contributed by atoms with Crippen molar-refractivity contribution in [2.75, 3.05) is 20.8 Å². The summed E-state index contributed by atoms with van der Waals surface area (Å²) in [5, 5.41) is 2.90. The van der Waals surface area contributed by atoms with Crippen LogP contribution >= 0.6 is 0 Å². The summed E-state index contributed by atoms with van der Waals surface area (Å²) in [5.41, 5.74) is 5.77. The van der Waals surface area contributed by atoms with Gasteiger partial charge in [-0.25, -0.2) is 0 Å². The Morgan fingerprint density at radius 2 is 2.00 bits per heavy atom. The normalized spacial score (nSPS) is 19.8. The number of hydrogen-bond donors (Lipinski definition) is 2. The van der Waals surface area contributed by atoms with E-state index >= 15 is 0 Å². The number of carbonyl (C=O) groups is 1. The van der Waals surface area contributed by atoms with Crippen LogP contribution in [-0.2, 0) is 14.3 Å². The Balaban J connectivity index is 2.38. The molecule has 1 unspecified atom stereocenters. The summed E-state index contributed by atoms with van der Waals surface area (Å²) in [6.07, 6.45) is 3.40. The van der Waals surface area contributed by atoms with E-state index < -0.39 is 6.29 Å². The van der Waals surface area contributed by atoms with Crippen molar-refractivity contribution in [3.05, 3.63) is 0 Å². The molecule has 0 aromatic heterocycles. The number of nitrogens with two attached hydrogens (primary N) is 1. The number of carbonyl (C=O) groups excluding carboxylic acids is 1. The summed E-state index contributed by atoms with van der Waals surface area (Å²) in [6.45, 7) is 2.46. The van der Waals surface area contributed by atoms with E-state index in [9.17, 15) is 4.79 Å². The second-order valence-electron chi connectivity index (χ2n) is 4.93. The standard InChI is InChI=1S/C12H24N2O3/c1-9(11(16-2)17-3)14-10(15)7-12(8-13)5-4-6-12/h9,11H,4-8,13H2,1-3H3,(H,14,15). The van der Waals surface area contributed by atoms with E-state index in [0.717, 1.165) is 12.8 Å². The van der Waals surface area contributed by atoms with Crippen molar-refractivity contribution in [1.82, 2.24) is 5.32 Å². The minimum atomic E-state index is -0.408. The third-order valence-electron chi connectivity index (χ3n) is 3.64. The Kier molecular flexibility index (Phi) is 5.36. The number of nitrogens with one attached hydrogen (secondary N) is 1. The summed E-state index contributed by atoms with van der Waals surface area (Å²) in [6, 6.07) is -0.160. The smallest absolute Gasteiger partial charge is 0.220 e. The van der Waals surface area contributed by atoms with E-state index in [0.29, 0.717) is 13.0 Å². The van der Waals surface area contributed by atoms with Gasteiger partial charge in [0.25, 0.3) is 0 Å². The predicted molar refractivity (Wildman–Crippen MR) is 65.4 cm³/mol. The van der Waals surface area contributed by atoms with Gasteiger partial charge < -0.3 is 20.5 Å². The van der Waals surface area contributed by atoms with Crippen molar-refractivity contribution < 1.29 is 14.3 Å². The quantitative estimate of drug-likeness (QED) is 0.644. The van der Waals surface area contributed by atoms with Crippen molar-refractivity contribution in [3.63, 3.8) is 0 Å². The van der Waals surface area contributed by atoms with Crippen molar-refractivity contribution in [2.24, 2.45) is 11.1 Å². The molecule has 5 heteroatoms. The topological polar surface area (TPSA) is 73.6 Å². The van der Waals surface area contributed by atoms with E-state index in [4.69, 9.17) is 15.2 Å². The fourth-order valence-corrected chi connectivity index (χ4v) is 2.35. The van der Waals surface area contributed by atoms with E-state index in [1.165, 1.54) is 6.42 Å². The molecule has 0 aromatic rings. The van der Waals surface area contributed by atoms with Gasteiger partial charge in [0.2, 0.25) is 5.91 Å². The van der Waals surface area contributed by atoms with Gasteiger partial charge in [0, 0.05) is 20.6 Å². The Bertz CT molecular complexity index is 245. The van der Waals surface area contributed by atoms with Crippen molar-refractivity contribution in [2.45, 2.75) is 44.9 Å². The largest absolute Gasteiger partial charge is 0.354 e. The predicted octanol–water partition coefficient (Wildman–Crippen LogP) is 0.629. The Morgan fingerprint density at radius 1 is 1.41 bits per heavy atom. The lowest BCUT2D eigenvalue weighted by molar-refractivity contribution is -0.138. The molecular formula is C12H24N2O3. The summed E-state index contributed by atoms with van der Waals surface area (Å²) in [7, 11) is 3.12. The first-order chi connectivity index (χ1) is 8.06. The number of hydrogen-bond acceptors (Lipinski definition) is 4. The highest BCUT2D eigenvalue weighted by Gasteiger charge is 2.37.